The summed E-state index contributed by atoms with van der Waals surface area (Å²) in [6, 6.07) is 13.1. The first-order valence-electron chi connectivity index (χ1n) is 9.65. The number of amides is 2. The van der Waals surface area contributed by atoms with Crippen molar-refractivity contribution in [3.8, 4) is 0 Å². The third-order valence-electron chi connectivity index (χ3n) is 4.68. The summed E-state index contributed by atoms with van der Waals surface area (Å²) in [5.74, 6) is 0.682. The summed E-state index contributed by atoms with van der Waals surface area (Å²) < 4.78 is 31.5. The van der Waals surface area contributed by atoms with Gasteiger partial charge in [-0.15, -0.1) is 11.8 Å². The number of nitrogens with zero attached hydrogens (tertiary/aromatic N) is 2. The fourth-order valence-corrected chi connectivity index (χ4v) is 5.22. The molecule has 1 N–H and O–H groups in total. The molecule has 0 radical (unpaired) electrons. The Balaban J connectivity index is 1.35. The molecule has 162 valence electrons. The molecule has 3 rings (SSSR count). The maximum Gasteiger partial charge on any atom is 0.289 e. The zero-order valence-electron chi connectivity index (χ0n) is 16.5. The van der Waals surface area contributed by atoms with E-state index in [0.717, 1.165) is 11.3 Å². The van der Waals surface area contributed by atoms with E-state index in [-0.39, 0.29) is 48.7 Å². The molecule has 0 unspecified atom stereocenters. The van der Waals surface area contributed by atoms with E-state index in [0.29, 0.717) is 13.1 Å². The number of hydrogen-bond acceptors (Lipinski definition) is 6. The van der Waals surface area contributed by atoms with Crippen LogP contribution in [0.2, 0.25) is 0 Å². The molecule has 1 fully saturated rings. The van der Waals surface area contributed by atoms with E-state index in [1.54, 1.807) is 17.0 Å². The summed E-state index contributed by atoms with van der Waals surface area (Å²) in [5.41, 5.74) is 1.14. The second kappa shape index (κ2) is 10.6. The summed E-state index contributed by atoms with van der Waals surface area (Å²) in [6.07, 6.45) is 1.43. The molecule has 8 nitrogen and oxygen atoms in total. The maximum absolute atomic E-state index is 12.5. The molecule has 0 bridgehead atoms. The topological polar surface area (TPSA) is 99.9 Å². The molecule has 1 aliphatic rings. The Labute approximate surface area is 180 Å². The first-order valence-corrected chi connectivity index (χ1v) is 12.4. The molecule has 0 atom stereocenters. The molecule has 10 heteroatoms. The number of sulfonamides is 1. The number of nitrogens with one attached hydrogen (secondary N) is 1. The second-order valence-corrected chi connectivity index (χ2v) is 9.89. The normalized spacial score (nSPS) is 15.1. The van der Waals surface area contributed by atoms with E-state index in [1.165, 1.54) is 22.3 Å². The number of carbonyl (C=O) groups excluding carboxylic acids is 2. The minimum absolute atomic E-state index is 0.0681. The van der Waals surface area contributed by atoms with Crippen molar-refractivity contribution >= 4 is 33.6 Å². The van der Waals surface area contributed by atoms with Gasteiger partial charge in [0.1, 0.15) is 0 Å². The molecule has 1 saturated heterocycles. The third-order valence-corrected chi connectivity index (χ3v) is 7.55. The standard InChI is InChI=1S/C20H25N3O5S2/c24-19(16-29-15-17-5-2-1-3-6-17)21-8-14-30(26,27)23-11-9-22(10-12-23)20(25)18-7-4-13-28-18/h1-7,13H,8-12,14-16H2,(H,21,24). The van der Waals surface area contributed by atoms with E-state index >= 15 is 0 Å². The van der Waals surface area contributed by atoms with Crippen LogP contribution in [0.15, 0.2) is 53.1 Å². The highest BCUT2D eigenvalue weighted by Gasteiger charge is 2.29. The van der Waals surface area contributed by atoms with Gasteiger partial charge in [0.15, 0.2) is 5.76 Å². The Morgan fingerprint density at radius 1 is 1.03 bits per heavy atom. The summed E-state index contributed by atoms with van der Waals surface area (Å²) in [6.45, 7) is 1.15. The number of benzene rings is 1. The number of furan rings is 1. The molecule has 30 heavy (non-hydrogen) atoms. The van der Waals surface area contributed by atoms with Gasteiger partial charge in [-0.05, 0) is 17.7 Å². The van der Waals surface area contributed by atoms with Crippen LogP contribution < -0.4 is 5.32 Å². The summed E-state index contributed by atoms with van der Waals surface area (Å²) in [5, 5.41) is 2.67. The maximum atomic E-state index is 12.5. The van der Waals surface area contributed by atoms with Crippen LogP contribution in [-0.4, -0.2) is 73.7 Å². The predicted octanol–water partition coefficient (Wildman–Crippen LogP) is 1.42. The lowest BCUT2D eigenvalue weighted by Crippen LogP contribution is -2.51. The highest BCUT2D eigenvalue weighted by molar-refractivity contribution is 7.99. The van der Waals surface area contributed by atoms with Gasteiger partial charge in [-0.3, -0.25) is 9.59 Å². The fraction of sp³-hybridized carbons (Fsp3) is 0.400. The number of carbonyl (C=O) groups is 2. The van der Waals surface area contributed by atoms with Crippen molar-refractivity contribution in [3.63, 3.8) is 0 Å². The van der Waals surface area contributed by atoms with Crippen LogP contribution in [0.1, 0.15) is 16.1 Å². The molecule has 1 aliphatic heterocycles. The first-order chi connectivity index (χ1) is 14.5. The fourth-order valence-electron chi connectivity index (χ4n) is 3.06. The van der Waals surface area contributed by atoms with E-state index in [9.17, 15) is 18.0 Å². The van der Waals surface area contributed by atoms with Crippen LogP contribution in [0.4, 0.5) is 0 Å². The van der Waals surface area contributed by atoms with Crippen LogP contribution in [-0.2, 0) is 20.6 Å². The smallest absolute Gasteiger partial charge is 0.289 e. The third kappa shape index (κ3) is 6.35. The van der Waals surface area contributed by atoms with E-state index in [4.69, 9.17) is 4.42 Å². The van der Waals surface area contributed by atoms with Crippen molar-refractivity contribution in [3.05, 3.63) is 60.1 Å². The molecular formula is C20H25N3O5S2. The molecule has 2 heterocycles. The molecule has 0 saturated carbocycles. The average molecular weight is 452 g/mol. The van der Waals surface area contributed by atoms with Crippen LogP contribution in [0.25, 0.3) is 0 Å². The SMILES string of the molecule is O=C(CSCc1ccccc1)NCCS(=O)(=O)N1CCN(C(=O)c2ccco2)CC1. The molecule has 1 aromatic heterocycles. The van der Waals surface area contributed by atoms with E-state index in [2.05, 4.69) is 5.32 Å². The second-order valence-electron chi connectivity index (χ2n) is 6.81. The number of hydrogen-bond donors (Lipinski definition) is 1. The van der Waals surface area contributed by atoms with Gasteiger partial charge in [0.25, 0.3) is 5.91 Å². The molecule has 1 aromatic carbocycles. The molecule has 0 aliphatic carbocycles. The van der Waals surface area contributed by atoms with Crippen molar-refractivity contribution in [1.29, 1.82) is 0 Å². The van der Waals surface area contributed by atoms with Crippen molar-refractivity contribution in [1.82, 2.24) is 14.5 Å². The monoisotopic (exact) mass is 451 g/mol. The van der Waals surface area contributed by atoms with Gasteiger partial charge in [0, 0.05) is 38.5 Å². The zero-order valence-corrected chi connectivity index (χ0v) is 18.2. The summed E-state index contributed by atoms with van der Waals surface area (Å²) in [4.78, 5) is 25.8. The first kappa shape index (κ1) is 22.4. The Hall–Kier alpha value is -2.30. The minimum atomic E-state index is -3.50. The Morgan fingerprint density at radius 3 is 2.43 bits per heavy atom. The number of thioether (sulfide) groups is 1. The highest BCUT2D eigenvalue weighted by Crippen LogP contribution is 2.13. The predicted molar refractivity (Wildman–Crippen MR) is 116 cm³/mol. The number of piperazine rings is 1. The van der Waals surface area contributed by atoms with Crippen LogP contribution in [0.3, 0.4) is 0 Å². The summed E-state index contributed by atoms with van der Waals surface area (Å²) in [7, 11) is -3.50. The van der Waals surface area contributed by atoms with Crippen LogP contribution in [0, 0.1) is 0 Å². The number of rotatable bonds is 9. The minimum Gasteiger partial charge on any atom is -0.459 e. The van der Waals surface area contributed by atoms with Gasteiger partial charge in [-0.25, -0.2) is 8.42 Å². The molecule has 0 spiro atoms. The molecule has 2 aromatic rings. The highest BCUT2D eigenvalue weighted by atomic mass is 32.2. The van der Waals surface area contributed by atoms with Crippen LogP contribution in [0.5, 0.6) is 0 Å². The largest absolute Gasteiger partial charge is 0.459 e. The van der Waals surface area contributed by atoms with Gasteiger partial charge in [-0.2, -0.15) is 4.31 Å². The lowest BCUT2D eigenvalue weighted by molar-refractivity contribution is -0.118. The Bertz CT molecular complexity index is 925. The van der Waals surface area contributed by atoms with Crippen molar-refractivity contribution in [2.75, 3.05) is 44.2 Å². The zero-order chi connectivity index (χ0) is 21.4. The van der Waals surface area contributed by atoms with Gasteiger partial charge in [0.05, 0.1) is 17.8 Å². The van der Waals surface area contributed by atoms with Crippen molar-refractivity contribution in [2.24, 2.45) is 0 Å². The molecular weight excluding hydrogens is 426 g/mol. The lowest BCUT2D eigenvalue weighted by Gasteiger charge is -2.33. The Kier molecular flexibility index (Phi) is 7.94. The van der Waals surface area contributed by atoms with Gasteiger partial charge in [-0.1, -0.05) is 30.3 Å². The Morgan fingerprint density at radius 2 is 1.77 bits per heavy atom. The van der Waals surface area contributed by atoms with Crippen LogP contribution >= 0.6 is 11.8 Å². The average Bonchev–Trinajstić information content (AvgIpc) is 3.29. The quantitative estimate of drug-likeness (QED) is 0.619. The van der Waals surface area contributed by atoms with Crippen molar-refractivity contribution in [2.45, 2.75) is 5.75 Å². The molecule has 2 amide bonds. The summed E-state index contributed by atoms with van der Waals surface area (Å²) >= 11 is 1.49. The lowest BCUT2D eigenvalue weighted by atomic mass is 10.2. The van der Waals surface area contributed by atoms with E-state index < -0.39 is 10.0 Å². The van der Waals surface area contributed by atoms with Gasteiger partial charge >= 0.3 is 0 Å². The van der Waals surface area contributed by atoms with Crippen molar-refractivity contribution < 1.29 is 22.4 Å². The van der Waals surface area contributed by atoms with E-state index in [1.807, 2.05) is 30.3 Å². The van der Waals surface area contributed by atoms with Gasteiger partial charge < -0.3 is 14.6 Å². The van der Waals surface area contributed by atoms with Gasteiger partial charge in [0.2, 0.25) is 15.9 Å².